The Bertz CT molecular complexity index is 210. The van der Waals surface area contributed by atoms with E-state index in [0.29, 0.717) is 6.04 Å². The molecular formula is C12H21NS. The van der Waals surface area contributed by atoms with Crippen molar-refractivity contribution >= 4 is 11.3 Å². The van der Waals surface area contributed by atoms with Crippen LogP contribution >= 0.6 is 11.3 Å². The van der Waals surface area contributed by atoms with E-state index in [2.05, 4.69) is 36.7 Å². The zero-order valence-electron chi connectivity index (χ0n) is 9.25. The summed E-state index contributed by atoms with van der Waals surface area (Å²) in [5, 5.41) is 5.79. The third-order valence-corrected chi connectivity index (χ3v) is 3.36. The van der Waals surface area contributed by atoms with Crippen molar-refractivity contribution in [1.29, 1.82) is 0 Å². The Labute approximate surface area is 91.5 Å². The van der Waals surface area contributed by atoms with E-state index in [1.54, 1.807) is 0 Å². The summed E-state index contributed by atoms with van der Waals surface area (Å²) >= 11 is 1.87. The highest BCUT2D eigenvalue weighted by atomic mass is 32.1. The van der Waals surface area contributed by atoms with Crippen LogP contribution in [0.1, 0.15) is 50.4 Å². The van der Waals surface area contributed by atoms with Crippen LogP contribution in [0.4, 0.5) is 0 Å². The van der Waals surface area contributed by atoms with E-state index in [1.165, 1.54) is 30.6 Å². The maximum Gasteiger partial charge on any atom is 0.0414 e. The van der Waals surface area contributed by atoms with E-state index in [0.717, 1.165) is 6.54 Å². The van der Waals surface area contributed by atoms with Crippen LogP contribution in [0, 0.1) is 0 Å². The molecule has 0 radical (unpaired) electrons. The van der Waals surface area contributed by atoms with Gasteiger partial charge in [-0.1, -0.05) is 32.8 Å². The average Bonchev–Trinajstić information content (AvgIpc) is 2.71. The zero-order chi connectivity index (χ0) is 10.2. The molecule has 0 amide bonds. The van der Waals surface area contributed by atoms with Gasteiger partial charge in [0, 0.05) is 10.9 Å². The average molecular weight is 211 g/mol. The van der Waals surface area contributed by atoms with E-state index >= 15 is 0 Å². The van der Waals surface area contributed by atoms with Crippen molar-refractivity contribution < 1.29 is 0 Å². The van der Waals surface area contributed by atoms with Crippen LogP contribution in [0.25, 0.3) is 0 Å². The summed E-state index contributed by atoms with van der Waals surface area (Å²) in [6.45, 7) is 5.61. The first-order chi connectivity index (χ1) is 6.88. The molecule has 2 heteroatoms. The van der Waals surface area contributed by atoms with Crippen molar-refractivity contribution in [2.75, 3.05) is 6.54 Å². The Morgan fingerprint density at radius 1 is 1.36 bits per heavy atom. The second-order valence-corrected chi connectivity index (χ2v) is 4.64. The highest BCUT2D eigenvalue weighted by Gasteiger charge is 2.09. The van der Waals surface area contributed by atoms with E-state index in [-0.39, 0.29) is 0 Å². The summed E-state index contributed by atoms with van der Waals surface area (Å²) in [5.74, 6) is 0. The summed E-state index contributed by atoms with van der Waals surface area (Å²) < 4.78 is 0. The first-order valence-electron chi connectivity index (χ1n) is 5.65. The van der Waals surface area contributed by atoms with Gasteiger partial charge in [-0.2, -0.15) is 0 Å². The molecule has 1 N–H and O–H groups in total. The molecule has 1 unspecified atom stereocenters. The fourth-order valence-electron chi connectivity index (χ4n) is 1.56. The van der Waals surface area contributed by atoms with Crippen molar-refractivity contribution in [3.63, 3.8) is 0 Å². The fourth-order valence-corrected chi connectivity index (χ4v) is 2.40. The molecule has 1 aromatic rings. The quantitative estimate of drug-likeness (QED) is 0.719. The van der Waals surface area contributed by atoms with Crippen molar-refractivity contribution in [3.8, 4) is 0 Å². The summed E-state index contributed by atoms with van der Waals surface area (Å²) in [4.78, 5) is 1.49. The summed E-state index contributed by atoms with van der Waals surface area (Å²) in [6.07, 6.45) is 5.10. The van der Waals surface area contributed by atoms with Gasteiger partial charge in [0.05, 0.1) is 0 Å². The number of rotatable bonds is 7. The van der Waals surface area contributed by atoms with Crippen LogP contribution in [0.2, 0.25) is 0 Å². The number of hydrogen-bond donors (Lipinski definition) is 1. The first kappa shape index (κ1) is 11.7. The van der Waals surface area contributed by atoms with Crippen LogP contribution in [-0.2, 0) is 0 Å². The van der Waals surface area contributed by atoms with Crippen LogP contribution in [0.15, 0.2) is 17.5 Å². The Morgan fingerprint density at radius 2 is 2.21 bits per heavy atom. The molecule has 0 aliphatic heterocycles. The Balaban J connectivity index is 2.44. The van der Waals surface area contributed by atoms with Gasteiger partial charge in [-0.25, -0.2) is 0 Å². The standard InChI is InChI=1S/C12H21NS/c1-3-5-7-11(13-9-4-2)12-8-6-10-14-12/h6,8,10-11,13H,3-5,7,9H2,1-2H3. The molecule has 0 aromatic carbocycles. The summed E-state index contributed by atoms with van der Waals surface area (Å²) in [6, 6.07) is 4.98. The lowest BCUT2D eigenvalue weighted by atomic mass is 10.1. The van der Waals surface area contributed by atoms with Crippen molar-refractivity contribution in [2.24, 2.45) is 0 Å². The molecule has 1 nitrogen and oxygen atoms in total. The van der Waals surface area contributed by atoms with Crippen LogP contribution in [0.3, 0.4) is 0 Å². The molecule has 0 aliphatic rings. The molecule has 80 valence electrons. The van der Waals surface area contributed by atoms with Gasteiger partial charge >= 0.3 is 0 Å². The highest BCUT2D eigenvalue weighted by Crippen LogP contribution is 2.23. The maximum absolute atomic E-state index is 3.62. The van der Waals surface area contributed by atoms with Crippen LogP contribution < -0.4 is 5.32 Å². The maximum atomic E-state index is 3.62. The third-order valence-electron chi connectivity index (χ3n) is 2.37. The predicted molar refractivity (Wildman–Crippen MR) is 64.9 cm³/mol. The second kappa shape index (κ2) is 7.02. The minimum atomic E-state index is 0.592. The summed E-state index contributed by atoms with van der Waals surface area (Å²) in [7, 11) is 0. The predicted octanol–water partition coefficient (Wildman–Crippen LogP) is 3.98. The van der Waals surface area contributed by atoms with Gasteiger partial charge in [0.25, 0.3) is 0 Å². The molecule has 1 heterocycles. The SMILES string of the molecule is CCCCC(NCCC)c1cccs1. The number of thiophene rings is 1. The molecule has 14 heavy (non-hydrogen) atoms. The van der Waals surface area contributed by atoms with E-state index in [1.807, 2.05) is 11.3 Å². The van der Waals surface area contributed by atoms with E-state index in [4.69, 9.17) is 0 Å². The molecular weight excluding hydrogens is 190 g/mol. The molecule has 0 aliphatic carbocycles. The topological polar surface area (TPSA) is 12.0 Å². The number of hydrogen-bond acceptors (Lipinski definition) is 2. The van der Waals surface area contributed by atoms with Crippen LogP contribution in [-0.4, -0.2) is 6.54 Å². The molecule has 0 spiro atoms. The van der Waals surface area contributed by atoms with Gasteiger partial charge in [-0.3, -0.25) is 0 Å². The minimum Gasteiger partial charge on any atom is -0.309 e. The molecule has 0 bridgehead atoms. The second-order valence-electron chi connectivity index (χ2n) is 3.66. The Kier molecular flexibility index (Phi) is 5.88. The molecule has 0 saturated carbocycles. The highest BCUT2D eigenvalue weighted by molar-refractivity contribution is 7.10. The molecule has 1 atom stereocenters. The number of nitrogens with one attached hydrogen (secondary N) is 1. The largest absolute Gasteiger partial charge is 0.309 e. The normalized spacial score (nSPS) is 13.0. The Hall–Kier alpha value is -0.340. The van der Waals surface area contributed by atoms with E-state index < -0.39 is 0 Å². The smallest absolute Gasteiger partial charge is 0.0414 e. The first-order valence-corrected chi connectivity index (χ1v) is 6.53. The molecule has 0 fully saturated rings. The van der Waals surface area contributed by atoms with Gasteiger partial charge in [0.2, 0.25) is 0 Å². The van der Waals surface area contributed by atoms with Crippen molar-refractivity contribution in [3.05, 3.63) is 22.4 Å². The van der Waals surface area contributed by atoms with Gasteiger partial charge in [0.1, 0.15) is 0 Å². The minimum absolute atomic E-state index is 0.592. The lowest BCUT2D eigenvalue weighted by Gasteiger charge is -2.16. The van der Waals surface area contributed by atoms with Crippen LogP contribution in [0.5, 0.6) is 0 Å². The van der Waals surface area contributed by atoms with Gasteiger partial charge < -0.3 is 5.32 Å². The zero-order valence-corrected chi connectivity index (χ0v) is 10.1. The van der Waals surface area contributed by atoms with E-state index in [9.17, 15) is 0 Å². The van der Waals surface area contributed by atoms with Crippen molar-refractivity contribution in [1.82, 2.24) is 5.32 Å². The lowest BCUT2D eigenvalue weighted by molar-refractivity contribution is 0.487. The lowest BCUT2D eigenvalue weighted by Crippen LogP contribution is -2.21. The van der Waals surface area contributed by atoms with Gasteiger partial charge in [-0.15, -0.1) is 11.3 Å². The Morgan fingerprint density at radius 3 is 2.79 bits per heavy atom. The third kappa shape index (κ3) is 3.81. The fraction of sp³-hybridized carbons (Fsp3) is 0.667. The molecule has 1 rings (SSSR count). The van der Waals surface area contributed by atoms with Gasteiger partial charge in [0.15, 0.2) is 0 Å². The number of unbranched alkanes of at least 4 members (excludes halogenated alkanes) is 1. The summed E-state index contributed by atoms with van der Waals surface area (Å²) in [5.41, 5.74) is 0. The van der Waals surface area contributed by atoms with Crippen molar-refractivity contribution in [2.45, 2.75) is 45.6 Å². The molecule has 0 saturated heterocycles. The monoisotopic (exact) mass is 211 g/mol. The van der Waals surface area contributed by atoms with Gasteiger partial charge in [-0.05, 0) is 30.8 Å². The molecule has 1 aromatic heterocycles.